The Labute approximate surface area is 240 Å². The highest BCUT2D eigenvalue weighted by Crippen LogP contribution is 2.24. The normalized spacial score (nSPS) is 18.3. The van der Waals surface area contributed by atoms with Gasteiger partial charge in [0.1, 0.15) is 5.82 Å². The molecule has 40 heavy (non-hydrogen) atoms. The van der Waals surface area contributed by atoms with Crippen LogP contribution in [0, 0.1) is 5.92 Å². The first kappa shape index (κ1) is 26.5. The Hall–Kier alpha value is -3.68. The van der Waals surface area contributed by atoms with Crippen LogP contribution in [0.1, 0.15) is 34.6 Å². The van der Waals surface area contributed by atoms with Crippen molar-refractivity contribution in [3.05, 3.63) is 101 Å². The van der Waals surface area contributed by atoms with Gasteiger partial charge in [0.05, 0.1) is 23.5 Å². The van der Waals surface area contributed by atoms with E-state index in [4.69, 9.17) is 16.6 Å². The molecule has 0 spiro atoms. The molecule has 2 saturated heterocycles. The maximum Gasteiger partial charge on any atom is 0.253 e. The molecule has 0 N–H and O–H groups in total. The third-order valence-electron chi connectivity index (χ3n) is 8.11. The molecule has 2 aliphatic rings. The SMILES string of the molecule is O=C(c1ccccc1)N1CCN(C(=O)[C@H]2CCCN(Cc3nc4ccccc4n3Cc3ccc(Cl)cc3)C2)CC1. The summed E-state index contributed by atoms with van der Waals surface area (Å²) in [6.45, 7) is 5.42. The molecule has 1 atom stereocenters. The number of para-hydroxylation sites is 2. The van der Waals surface area contributed by atoms with Gasteiger partial charge in [0.15, 0.2) is 0 Å². The molecule has 0 bridgehead atoms. The number of fused-ring (bicyclic) bond motifs is 1. The number of carbonyl (C=O) groups excluding carboxylic acids is 2. The van der Waals surface area contributed by atoms with Crippen molar-refractivity contribution >= 4 is 34.4 Å². The lowest BCUT2D eigenvalue weighted by Gasteiger charge is -2.39. The predicted octanol–water partition coefficient (Wildman–Crippen LogP) is 4.93. The average Bonchev–Trinajstić information content (AvgIpc) is 3.34. The van der Waals surface area contributed by atoms with Crippen molar-refractivity contribution in [2.75, 3.05) is 39.3 Å². The van der Waals surface area contributed by atoms with Gasteiger partial charge in [-0.1, -0.05) is 54.1 Å². The van der Waals surface area contributed by atoms with Crippen LogP contribution in [-0.2, 0) is 17.9 Å². The third kappa shape index (κ3) is 5.76. The van der Waals surface area contributed by atoms with Gasteiger partial charge < -0.3 is 14.4 Å². The van der Waals surface area contributed by atoms with Crippen LogP contribution < -0.4 is 0 Å². The molecule has 0 saturated carbocycles. The van der Waals surface area contributed by atoms with Crippen LogP contribution in [0.2, 0.25) is 5.02 Å². The van der Waals surface area contributed by atoms with Crippen molar-refractivity contribution in [2.24, 2.45) is 5.92 Å². The summed E-state index contributed by atoms with van der Waals surface area (Å²) in [5.74, 6) is 1.24. The zero-order chi connectivity index (χ0) is 27.5. The minimum absolute atomic E-state index is 0.0285. The number of nitrogens with zero attached hydrogens (tertiary/aromatic N) is 5. The van der Waals surface area contributed by atoms with Gasteiger partial charge in [-0.2, -0.15) is 0 Å². The second-order valence-corrected chi connectivity index (χ2v) is 11.2. The number of likely N-dealkylation sites (tertiary alicyclic amines) is 1. The number of rotatable bonds is 6. The Kier molecular flexibility index (Phi) is 7.84. The van der Waals surface area contributed by atoms with Crippen molar-refractivity contribution in [3.63, 3.8) is 0 Å². The number of halogens is 1. The van der Waals surface area contributed by atoms with E-state index in [-0.39, 0.29) is 17.7 Å². The summed E-state index contributed by atoms with van der Waals surface area (Å²) in [4.78, 5) is 37.5. The van der Waals surface area contributed by atoms with E-state index in [0.29, 0.717) is 38.3 Å². The van der Waals surface area contributed by atoms with E-state index in [2.05, 4.69) is 39.8 Å². The fourth-order valence-corrected chi connectivity index (χ4v) is 6.07. The first-order valence-corrected chi connectivity index (χ1v) is 14.5. The van der Waals surface area contributed by atoms with E-state index in [1.165, 1.54) is 5.56 Å². The van der Waals surface area contributed by atoms with Crippen LogP contribution in [0.25, 0.3) is 11.0 Å². The van der Waals surface area contributed by atoms with Gasteiger partial charge in [0, 0.05) is 49.9 Å². The second kappa shape index (κ2) is 11.8. The molecule has 2 aliphatic heterocycles. The summed E-state index contributed by atoms with van der Waals surface area (Å²) in [5, 5.41) is 0.729. The van der Waals surface area contributed by atoms with E-state index < -0.39 is 0 Å². The van der Waals surface area contributed by atoms with Crippen molar-refractivity contribution in [2.45, 2.75) is 25.9 Å². The van der Waals surface area contributed by atoms with Gasteiger partial charge in [0.2, 0.25) is 5.91 Å². The molecule has 0 aliphatic carbocycles. The number of hydrogen-bond donors (Lipinski definition) is 0. The number of hydrogen-bond acceptors (Lipinski definition) is 4. The van der Waals surface area contributed by atoms with Gasteiger partial charge >= 0.3 is 0 Å². The van der Waals surface area contributed by atoms with E-state index in [1.54, 1.807) is 0 Å². The summed E-state index contributed by atoms with van der Waals surface area (Å²) < 4.78 is 2.28. The summed E-state index contributed by atoms with van der Waals surface area (Å²) >= 11 is 6.12. The number of amides is 2. The number of imidazole rings is 1. The van der Waals surface area contributed by atoms with Crippen LogP contribution in [0.15, 0.2) is 78.9 Å². The van der Waals surface area contributed by atoms with E-state index in [9.17, 15) is 9.59 Å². The Bertz CT molecular complexity index is 1480. The van der Waals surface area contributed by atoms with Crippen LogP contribution >= 0.6 is 11.6 Å². The quantitative estimate of drug-likeness (QED) is 0.338. The summed E-state index contributed by atoms with van der Waals surface area (Å²) in [6.07, 6.45) is 1.89. The number of piperidine rings is 1. The smallest absolute Gasteiger partial charge is 0.253 e. The van der Waals surface area contributed by atoms with E-state index in [0.717, 1.165) is 54.4 Å². The van der Waals surface area contributed by atoms with Gasteiger partial charge in [-0.25, -0.2) is 4.98 Å². The van der Waals surface area contributed by atoms with Crippen LogP contribution in [0.4, 0.5) is 0 Å². The molecule has 0 radical (unpaired) electrons. The maximum atomic E-state index is 13.5. The average molecular weight is 556 g/mol. The topological polar surface area (TPSA) is 61.7 Å². The maximum absolute atomic E-state index is 13.5. The molecule has 2 fully saturated rings. The second-order valence-electron chi connectivity index (χ2n) is 10.8. The lowest BCUT2D eigenvalue weighted by atomic mass is 9.96. The molecule has 1 aromatic heterocycles. The molecule has 3 heterocycles. The van der Waals surface area contributed by atoms with Crippen molar-refractivity contribution in [1.29, 1.82) is 0 Å². The largest absolute Gasteiger partial charge is 0.339 e. The van der Waals surface area contributed by atoms with E-state index >= 15 is 0 Å². The van der Waals surface area contributed by atoms with Crippen molar-refractivity contribution in [3.8, 4) is 0 Å². The zero-order valence-electron chi connectivity index (χ0n) is 22.6. The zero-order valence-corrected chi connectivity index (χ0v) is 23.3. The number of aromatic nitrogens is 2. The van der Waals surface area contributed by atoms with Gasteiger partial charge in [-0.05, 0) is 61.3 Å². The fourth-order valence-electron chi connectivity index (χ4n) is 5.95. The minimum atomic E-state index is -0.0285. The molecule has 2 amide bonds. The summed E-state index contributed by atoms with van der Waals surface area (Å²) in [6, 6.07) is 25.6. The highest BCUT2D eigenvalue weighted by Gasteiger charge is 2.32. The van der Waals surface area contributed by atoms with E-state index in [1.807, 2.05) is 58.3 Å². The molecule has 7 nitrogen and oxygen atoms in total. The predicted molar refractivity (Wildman–Crippen MR) is 157 cm³/mol. The summed E-state index contributed by atoms with van der Waals surface area (Å²) in [7, 11) is 0. The molecule has 206 valence electrons. The molecule has 4 aromatic rings. The molecule has 6 rings (SSSR count). The Morgan fingerprint density at radius 2 is 1.50 bits per heavy atom. The monoisotopic (exact) mass is 555 g/mol. The number of piperazine rings is 1. The van der Waals surface area contributed by atoms with Crippen molar-refractivity contribution in [1.82, 2.24) is 24.3 Å². The highest BCUT2D eigenvalue weighted by atomic mass is 35.5. The van der Waals surface area contributed by atoms with Gasteiger partial charge in [0.25, 0.3) is 5.91 Å². The van der Waals surface area contributed by atoms with Crippen LogP contribution in [0.5, 0.6) is 0 Å². The van der Waals surface area contributed by atoms with Gasteiger partial charge in [-0.15, -0.1) is 0 Å². The fraction of sp³-hybridized carbons (Fsp3) is 0.344. The lowest BCUT2D eigenvalue weighted by molar-refractivity contribution is -0.139. The Morgan fingerprint density at radius 1 is 0.800 bits per heavy atom. The summed E-state index contributed by atoms with van der Waals surface area (Å²) in [5.41, 5.74) is 3.97. The minimum Gasteiger partial charge on any atom is -0.339 e. The molecular weight excluding hydrogens is 522 g/mol. The lowest BCUT2D eigenvalue weighted by Crippen LogP contribution is -2.53. The Balaban J connectivity index is 1.10. The molecule has 8 heteroatoms. The number of benzene rings is 3. The molecule has 0 unspecified atom stereocenters. The highest BCUT2D eigenvalue weighted by molar-refractivity contribution is 6.30. The van der Waals surface area contributed by atoms with Crippen LogP contribution in [0.3, 0.4) is 0 Å². The van der Waals surface area contributed by atoms with Crippen molar-refractivity contribution < 1.29 is 9.59 Å². The Morgan fingerprint density at radius 3 is 2.27 bits per heavy atom. The van der Waals surface area contributed by atoms with Gasteiger partial charge in [-0.3, -0.25) is 14.5 Å². The number of carbonyl (C=O) groups is 2. The molecular formula is C32H34ClN5O2. The first-order chi connectivity index (χ1) is 19.5. The first-order valence-electron chi connectivity index (χ1n) is 14.1. The van der Waals surface area contributed by atoms with Crippen LogP contribution in [-0.4, -0.2) is 75.3 Å². The standard InChI is InChI=1S/C32H34ClN5O2/c33-27-14-12-24(13-15-27)21-38-29-11-5-4-10-28(29)34-30(38)23-35-16-6-9-26(22-35)32(40)37-19-17-36(18-20-37)31(39)25-7-2-1-3-8-25/h1-5,7-8,10-15,26H,6,9,16-23H2/t26-/m0/s1. The molecule has 3 aromatic carbocycles. The third-order valence-corrected chi connectivity index (χ3v) is 8.36.